The summed E-state index contributed by atoms with van der Waals surface area (Å²) in [5.41, 5.74) is 1.84. The van der Waals surface area contributed by atoms with E-state index in [0.717, 1.165) is 11.1 Å². The smallest absolute Gasteiger partial charge is 0.328 e. The fourth-order valence-electron chi connectivity index (χ4n) is 1.46. The van der Waals surface area contributed by atoms with Gasteiger partial charge < -0.3 is 13.9 Å². The van der Waals surface area contributed by atoms with Crippen LogP contribution in [0, 0.1) is 0 Å². The summed E-state index contributed by atoms with van der Waals surface area (Å²) in [6, 6.07) is 14.4. The van der Waals surface area contributed by atoms with E-state index < -0.39 is 8.60 Å². The van der Waals surface area contributed by atoms with Crippen LogP contribution in [-0.2, 0) is 22.3 Å². The molecular weight excluding hydrogens is 318 g/mol. The predicted molar refractivity (Wildman–Crippen MR) is 81.6 cm³/mol. The lowest BCUT2D eigenvalue weighted by Gasteiger charge is -2.11. The van der Waals surface area contributed by atoms with E-state index in [1.807, 2.05) is 24.3 Å². The Morgan fingerprint density at radius 1 is 0.750 bits per heavy atom. The first-order chi connectivity index (χ1) is 9.63. The third kappa shape index (κ3) is 5.37. The van der Waals surface area contributed by atoms with Crippen molar-refractivity contribution >= 4 is 31.8 Å². The van der Waals surface area contributed by atoms with Gasteiger partial charge in [0, 0.05) is 10.0 Å². The second-order valence-corrected chi connectivity index (χ2v) is 5.90. The monoisotopic (exact) mass is 330 g/mol. The molecule has 0 heterocycles. The molecule has 0 unspecified atom stereocenters. The highest BCUT2D eigenvalue weighted by Crippen LogP contribution is 2.35. The molecule has 2 aromatic carbocycles. The standard InChI is InChI=1S/C14H13Cl2O3P/c15-13-5-1-11(2-6-13)9-18-20(17)19-10-12-3-7-14(16)8-4-12/h1-8,17H,9-10H2. The predicted octanol–water partition coefficient (Wildman–Crippen LogP) is 4.95. The van der Waals surface area contributed by atoms with Gasteiger partial charge in [0.1, 0.15) is 0 Å². The molecule has 3 nitrogen and oxygen atoms in total. The van der Waals surface area contributed by atoms with Gasteiger partial charge in [0.2, 0.25) is 0 Å². The Morgan fingerprint density at radius 3 is 1.45 bits per heavy atom. The van der Waals surface area contributed by atoms with Crippen LogP contribution in [0.4, 0.5) is 0 Å². The van der Waals surface area contributed by atoms with Crippen LogP contribution in [0.25, 0.3) is 0 Å². The summed E-state index contributed by atoms with van der Waals surface area (Å²) in [6.45, 7) is 0.556. The van der Waals surface area contributed by atoms with Crippen LogP contribution >= 0.6 is 31.8 Å². The molecule has 0 aliphatic carbocycles. The van der Waals surface area contributed by atoms with Crippen molar-refractivity contribution in [3.63, 3.8) is 0 Å². The number of halogens is 2. The maximum Gasteiger partial charge on any atom is 0.330 e. The lowest BCUT2D eigenvalue weighted by Crippen LogP contribution is -1.93. The van der Waals surface area contributed by atoms with Crippen LogP contribution in [0.3, 0.4) is 0 Å². The number of rotatable bonds is 6. The molecule has 0 aromatic heterocycles. The van der Waals surface area contributed by atoms with Crippen molar-refractivity contribution in [1.29, 1.82) is 0 Å². The summed E-state index contributed by atoms with van der Waals surface area (Å²) in [6.07, 6.45) is 0. The van der Waals surface area contributed by atoms with Gasteiger partial charge in [0.15, 0.2) is 0 Å². The quantitative estimate of drug-likeness (QED) is 0.762. The summed E-state index contributed by atoms with van der Waals surface area (Å²) in [5.74, 6) is 0. The van der Waals surface area contributed by atoms with Crippen molar-refractivity contribution < 1.29 is 13.9 Å². The van der Waals surface area contributed by atoms with Crippen LogP contribution in [0.15, 0.2) is 48.5 Å². The average molecular weight is 331 g/mol. The molecular formula is C14H13Cl2O3P. The number of hydrogen-bond acceptors (Lipinski definition) is 3. The van der Waals surface area contributed by atoms with Gasteiger partial charge in [-0.1, -0.05) is 47.5 Å². The molecule has 0 amide bonds. The van der Waals surface area contributed by atoms with Crippen molar-refractivity contribution in [1.82, 2.24) is 0 Å². The zero-order valence-corrected chi connectivity index (χ0v) is 12.9. The molecule has 0 aliphatic rings. The van der Waals surface area contributed by atoms with E-state index in [1.54, 1.807) is 24.3 Å². The van der Waals surface area contributed by atoms with E-state index >= 15 is 0 Å². The fourth-order valence-corrected chi connectivity index (χ4v) is 2.30. The third-order valence-corrected chi connectivity index (χ3v) is 3.71. The topological polar surface area (TPSA) is 38.7 Å². The molecule has 0 aliphatic heterocycles. The van der Waals surface area contributed by atoms with E-state index in [4.69, 9.17) is 32.2 Å². The zero-order valence-electron chi connectivity index (χ0n) is 10.5. The molecule has 2 rings (SSSR count). The first kappa shape index (κ1) is 15.7. The van der Waals surface area contributed by atoms with E-state index in [-0.39, 0.29) is 13.2 Å². The highest BCUT2D eigenvalue weighted by atomic mass is 35.5. The minimum atomic E-state index is -1.91. The minimum Gasteiger partial charge on any atom is -0.328 e. The van der Waals surface area contributed by atoms with E-state index in [0.29, 0.717) is 10.0 Å². The molecule has 0 spiro atoms. The van der Waals surface area contributed by atoms with Crippen LogP contribution in [0.1, 0.15) is 11.1 Å². The summed E-state index contributed by atoms with van der Waals surface area (Å²) < 4.78 is 10.5. The van der Waals surface area contributed by atoms with Crippen molar-refractivity contribution in [2.24, 2.45) is 0 Å². The molecule has 0 saturated carbocycles. The maximum absolute atomic E-state index is 9.65. The summed E-state index contributed by atoms with van der Waals surface area (Å²) in [5, 5.41) is 1.33. The largest absolute Gasteiger partial charge is 0.330 e. The lowest BCUT2D eigenvalue weighted by molar-refractivity contribution is 0.187. The summed E-state index contributed by atoms with van der Waals surface area (Å²) in [7, 11) is -1.91. The van der Waals surface area contributed by atoms with Gasteiger partial charge in [-0.25, -0.2) is 0 Å². The fraction of sp³-hybridized carbons (Fsp3) is 0.143. The van der Waals surface area contributed by atoms with Crippen molar-refractivity contribution in [3.05, 3.63) is 69.7 Å². The second-order valence-electron chi connectivity index (χ2n) is 4.04. The first-order valence-corrected chi connectivity index (χ1v) is 7.76. The van der Waals surface area contributed by atoms with Gasteiger partial charge in [-0.15, -0.1) is 0 Å². The number of hydrogen-bond donors (Lipinski definition) is 1. The second kappa shape index (κ2) is 7.94. The maximum atomic E-state index is 9.65. The third-order valence-electron chi connectivity index (χ3n) is 2.51. The van der Waals surface area contributed by atoms with Gasteiger partial charge in [0.05, 0.1) is 13.2 Å². The Bertz CT molecular complexity index is 482. The Balaban J connectivity index is 1.73. The molecule has 0 atom stereocenters. The van der Waals surface area contributed by atoms with Gasteiger partial charge in [-0.2, -0.15) is 0 Å². The molecule has 20 heavy (non-hydrogen) atoms. The van der Waals surface area contributed by atoms with E-state index in [1.165, 1.54) is 0 Å². The van der Waals surface area contributed by atoms with Crippen LogP contribution < -0.4 is 0 Å². The van der Waals surface area contributed by atoms with E-state index in [2.05, 4.69) is 0 Å². The zero-order chi connectivity index (χ0) is 14.4. The highest BCUT2D eigenvalue weighted by molar-refractivity contribution is 7.40. The summed E-state index contributed by atoms with van der Waals surface area (Å²) >= 11 is 11.6. The van der Waals surface area contributed by atoms with Crippen LogP contribution in [0.5, 0.6) is 0 Å². The van der Waals surface area contributed by atoms with Gasteiger partial charge in [-0.05, 0) is 35.4 Å². The molecule has 6 heteroatoms. The molecule has 0 bridgehead atoms. The Morgan fingerprint density at radius 2 is 1.10 bits per heavy atom. The lowest BCUT2D eigenvalue weighted by atomic mass is 10.2. The minimum absolute atomic E-state index is 0.278. The Kier molecular flexibility index (Phi) is 6.24. The van der Waals surface area contributed by atoms with Gasteiger partial charge in [0.25, 0.3) is 0 Å². The molecule has 0 saturated heterocycles. The molecule has 0 radical (unpaired) electrons. The Labute approximate surface area is 129 Å². The molecule has 106 valence electrons. The average Bonchev–Trinajstić information content (AvgIpc) is 2.46. The molecule has 1 N–H and O–H groups in total. The summed E-state index contributed by atoms with van der Waals surface area (Å²) in [4.78, 5) is 9.65. The van der Waals surface area contributed by atoms with Gasteiger partial charge in [-0.3, -0.25) is 0 Å². The number of benzene rings is 2. The normalized spacial score (nSPS) is 11.0. The van der Waals surface area contributed by atoms with E-state index in [9.17, 15) is 4.89 Å². The Hall–Kier alpha value is -0.670. The molecule has 0 fully saturated rings. The molecule has 2 aromatic rings. The van der Waals surface area contributed by atoms with Crippen molar-refractivity contribution in [3.8, 4) is 0 Å². The van der Waals surface area contributed by atoms with Crippen LogP contribution in [0.2, 0.25) is 10.0 Å². The van der Waals surface area contributed by atoms with Gasteiger partial charge >= 0.3 is 8.60 Å². The van der Waals surface area contributed by atoms with Crippen molar-refractivity contribution in [2.75, 3.05) is 0 Å². The van der Waals surface area contributed by atoms with Crippen molar-refractivity contribution in [2.45, 2.75) is 13.2 Å². The van der Waals surface area contributed by atoms with Crippen LogP contribution in [-0.4, -0.2) is 4.89 Å². The highest BCUT2D eigenvalue weighted by Gasteiger charge is 2.07. The first-order valence-electron chi connectivity index (χ1n) is 5.87. The SMILES string of the molecule is OP(OCc1ccc(Cl)cc1)OCc1ccc(Cl)cc1.